The monoisotopic (exact) mass is 269 g/mol. The molecule has 0 atom stereocenters. The third kappa shape index (κ3) is 2.09. The third-order valence-electron chi connectivity index (χ3n) is 3.50. The van der Waals surface area contributed by atoms with E-state index < -0.39 is 5.82 Å². The van der Waals surface area contributed by atoms with E-state index in [-0.39, 0.29) is 17.0 Å². The van der Waals surface area contributed by atoms with Gasteiger partial charge in [-0.1, -0.05) is 24.3 Å². The molecule has 2 aromatic rings. The Bertz CT molecular complexity index is 672. The molecule has 1 aliphatic heterocycles. The third-order valence-corrected chi connectivity index (χ3v) is 3.50. The fourth-order valence-corrected chi connectivity index (χ4v) is 2.46. The quantitative estimate of drug-likeness (QED) is 0.786. The SMILES string of the molecule is O=Cc1ccc(F)cc1C(=O)N1Cc2ccccc2C1. The summed E-state index contributed by atoms with van der Waals surface area (Å²) in [6.07, 6.45) is 0.579. The second kappa shape index (κ2) is 4.89. The van der Waals surface area contributed by atoms with Crippen molar-refractivity contribution in [2.45, 2.75) is 13.1 Å². The number of hydrogen-bond donors (Lipinski definition) is 0. The second-order valence-corrected chi connectivity index (χ2v) is 4.78. The molecule has 0 bridgehead atoms. The minimum absolute atomic E-state index is 0.118. The van der Waals surface area contributed by atoms with Gasteiger partial charge in [0.15, 0.2) is 6.29 Å². The van der Waals surface area contributed by atoms with Crippen LogP contribution in [0.5, 0.6) is 0 Å². The molecule has 1 amide bonds. The van der Waals surface area contributed by atoms with E-state index >= 15 is 0 Å². The molecule has 4 heteroatoms. The molecule has 0 unspecified atom stereocenters. The average Bonchev–Trinajstić information content (AvgIpc) is 2.90. The van der Waals surface area contributed by atoms with E-state index in [9.17, 15) is 14.0 Å². The Morgan fingerprint density at radius 2 is 1.75 bits per heavy atom. The fourth-order valence-electron chi connectivity index (χ4n) is 2.46. The van der Waals surface area contributed by atoms with Crippen LogP contribution in [0.2, 0.25) is 0 Å². The summed E-state index contributed by atoms with van der Waals surface area (Å²) in [5, 5.41) is 0. The molecule has 0 aliphatic carbocycles. The van der Waals surface area contributed by atoms with Crippen molar-refractivity contribution in [3.8, 4) is 0 Å². The van der Waals surface area contributed by atoms with Gasteiger partial charge in [-0.25, -0.2) is 4.39 Å². The Balaban J connectivity index is 1.92. The molecule has 0 saturated heterocycles. The number of benzene rings is 2. The maximum absolute atomic E-state index is 13.3. The van der Waals surface area contributed by atoms with Crippen molar-refractivity contribution >= 4 is 12.2 Å². The van der Waals surface area contributed by atoms with Crippen LogP contribution in [-0.4, -0.2) is 17.1 Å². The zero-order chi connectivity index (χ0) is 14.1. The van der Waals surface area contributed by atoms with Gasteiger partial charge < -0.3 is 4.90 Å². The fraction of sp³-hybridized carbons (Fsp3) is 0.125. The van der Waals surface area contributed by atoms with Gasteiger partial charge in [-0.05, 0) is 29.3 Å². The minimum Gasteiger partial charge on any atom is -0.330 e. The number of rotatable bonds is 2. The summed E-state index contributed by atoms with van der Waals surface area (Å²) < 4.78 is 13.3. The predicted octanol–water partition coefficient (Wildman–Crippen LogP) is 2.79. The van der Waals surface area contributed by atoms with Crippen molar-refractivity contribution in [2.24, 2.45) is 0 Å². The van der Waals surface area contributed by atoms with Gasteiger partial charge in [0, 0.05) is 18.7 Å². The molecule has 0 aromatic heterocycles. The van der Waals surface area contributed by atoms with E-state index in [1.807, 2.05) is 24.3 Å². The zero-order valence-electron chi connectivity index (χ0n) is 10.7. The number of hydrogen-bond acceptors (Lipinski definition) is 2. The van der Waals surface area contributed by atoms with E-state index in [1.165, 1.54) is 12.1 Å². The van der Waals surface area contributed by atoms with Crippen LogP contribution in [-0.2, 0) is 13.1 Å². The topological polar surface area (TPSA) is 37.4 Å². The molecule has 2 aromatic carbocycles. The lowest BCUT2D eigenvalue weighted by molar-refractivity contribution is 0.0748. The van der Waals surface area contributed by atoms with Crippen molar-refractivity contribution in [2.75, 3.05) is 0 Å². The first-order valence-corrected chi connectivity index (χ1v) is 6.30. The van der Waals surface area contributed by atoms with E-state index in [2.05, 4.69) is 0 Å². The summed E-state index contributed by atoms with van der Waals surface area (Å²) in [4.78, 5) is 25.0. The van der Waals surface area contributed by atoms with Gasteiger partial charge in [-0.3, -0.25) is 9.59 Å². The highest BCUT2D eigenvalue weighted by atomic mass is 19.1. The largest absolute Gasteiger partial charge is 0.330 e. The Hall–Kier alpha value is -2.49. The van der Waals surface area contributed by atoms with Gasteiger partial charge in [0.25, 0.3) is 5.91 Å². The van der Waals surface area contributed by atoms with Crippen LogP contribution in [0.25, 0.3) is 0 Å². The number of aldehydes is 1. The van der Waals surface area contributed by atoms with Crippen molar-refractivity contribution in [1.29, 1.82) is 0 Å². The van der Waals surface area contributed by atoms with Crippen LogP contribution in [0.1, 0.15) is 31.8 Å². The highest BCUT2D eigenvalue weighted by molar-refractivity contribution is 6.01. The molecule has 3 rings (SSSR count). The van der Waals surface area contributed by atoms with Gasteiger partial charge in [0.2, 0.25) is 0 Å². The van der Waals surface area contributed by atoms with Crippen LogP contribution in [0, 0.1) is 5.82 Å². The Kier molecular flexibility index (Phi) is 3.06. The number of carbonyl (C=O) groups is 2. The molecule has 1 heterocycles. The van der Waals surface area contributed by atoms with Crippen LogP contribution in [0.15, 0.2) is 42.5 Å². The van der Waals surface area contributed by atoms with Crippen LogP contribution < -0.4 is 0 Å². The highest BCUT2D eigenvalue weighted by Crippen LogP contribution is 2.24. The van der Waals surface area contributed by atoms with E-state index in [4.69, 9.17) is 0 Å². The number of carbonyl (C=O) groups excluding carboxylic acids is 2. The predicted molar refractivity (Wildman–Crippen MR) is 71.8 cm³/mol. The first kappa shape index (κ1) is 12.5. The van der Waals surface area contributed by atoms with E-state index in [0.717, 1.165) is 17.2 Å². The number of amides is 1. The molecule has 0 radical (unpaired) electrons. The molecule has 0 saturated carbocycles. The lowest BCUT2D eigenvalue weighted by Gasteiger charge is -2.16. The lowest BCUT2D eigenvalue weighted by atomic mass is 10.1. The van der Waals surface area contributed by atoms with Crippen LogP contribution >= 0.6 is 0 Å². The van der Waals surface area contributed by atoms with Crippen molar-refractivity contribution in [3.05, 3.63) is 70.5 Å². The normalized spacial score (nSPS) is 13.2. The van der Waals surface area contributed by atoms with Gasteiger partial charge in [-0.15, -0.1) is 0 Å². The van der Waals surface area contributed by atoms with Gasteiger partial charge in [0.1, 0.15) is 5.82 Å². The van der Waals surface area contributed by atoms with Crippen molar-refractivity contribution in [1.82, 2.24) is 4.90 Å². The molecule has 0 N–H and O–H groups in total. The van der Waals surface area contributed by atoms with Gasteiger partial charge >= 0.3 is 0 Å². The standard InChI is InChI=1S/C16H12FNO2/c17-14-6-5-13(10-19)15(7-14)16(20)18-8-11-3-1-2-4-12(11)9-18/h1-7,10H,8-9H2. The van der Waals surface area contributed by atoms with Gasteiger partial charge in [0.05, 0.1) is 5.56 Å². The summed E-state index contributed by atoms with van der Waals surface area (Å²) in [5.74, 6) is -0.835. The highest BCUT2D eigenvalue weighted by Gasteiger charge is 2.25. The summed E-state index contributed by atoms with van der Waals surface area (Å²) in [6, 6.07) is 11.4. The second-order valence-electron chi connectivity index (χ2n) is 4.78. The molecule has 20 heavy (non-hydrogen) atoms. The molecule has 0 spiro atoms. The summed E-state index contributed by atoms with van der Waals surface area (Å²) in [5.41, 5.74) is 2.51. The molecule has 100 valence electrons. The Morgan fingerprint density at radius 3 is 2.35 bits per heavy atom. The zero-order valence-corrected chi connectivity index (χ0v) is 10.7. The van der Waals surface area contributed by atoms with E-state index in [0.29, 0.717) is 19.4 Å². The molecule has 3 nitrogen and oxygen atoms in total. The first-order chi connectivity index (χ1) is 9.69. The Morgan fingerprint density at radius 1 is 1.10 bits per heavy atom. The lowest BCUT2D eigenvalue weighted by Crippen LogP contribution is -2.26. The Labute approximate surface area is 115 Å². The number of nitrogens with zero attached hydrogens (tertiary/aromatic N) is 1. The number of halogens is 1. The van der Waals surface area contributed by atoms with Gasteiger partial charge in [-0.2, -0.15) is 0 Å². The molecular weight excluding hydrogens is 257 g/mol. The summed E-state index contributed by atoms with van der Waals surface area (Å²) >= 11 is 0. The first-order valence-electron chi connectivity index (χ1n) is 6.30. The molecular formula is C16H12FNO2. The molecule has 1 aliphatic rings. The molecule has 0 fully saturated rings. The maximum Gasteiger partial charge on any atom is 0.255 e. The summed E-state index contributed by atoms with van der Waals surface area (Å²) in [6.45, 7) is 0.980. The smallest absolute Gasteiger partial charge is 0.255 e. The van der Waals surface area contributed by atoms with Crippen molar-refractivity contribution < 1.29 is 14.0 Å². The summed E-state index contributed by atoms with van der Waals surface area (Å²) in [7, 11) is 0. The van der Waals surface area contributed by atoms with Crippen molar-refractivity contribution in [3.63, 3.8) is 0 Å². The maximum atomic E-state index is 13.3. The average molecular weight is 269 g/mol. The number of fused-ring (bicyclic) bond motifs is 1. The van der Waals surface area contributed by atoms with Crippen LogP contribution in [0.4, 0.5) is 4.39 Å². The minimum atomic E-state index is -0.518. The van der Waals surface area contributed by atoms with E-state index in [1.54, 1.807) is 4.90 Å². The van der Waals surface area contributed by atoms with Crippen LogP contribution in [0.3, 0.4) is 0 Å².